The number of hydrogen-bond acceptors (Lipinski definition) is 2. The Labute approximate surface area is 64.0 Å². The molecule has 0 aliphatic heterocycles. The highest BCUT2D eigenvalue weighted by atomic mass is 35.5. The van der Waals surface area contributed by atoms with Gasteiger partial charge in [-0.1, -0.05) is 0 Å². The Kier molecular flexibility index (Phi) is 4.14. The van der Waals surface area contributed by atoms with Gasteiger partial charge < -0.3 is 15.1 Å². The van der Waals surface area contributed by atoms with Gasteiger partial charge >= 0.3 is 6.09 Å². The van der Waals surface area contributed by atoms with Gasteiger partial charge in [-0.05, 0) is 0 Å². The molecule has 0 spiro atoms. The van der Waals surface area contributed by atoms with E-state index in [1.54, 1.807) is 0 Å². The average Bonchev–Trinajstić information content (AvgIpc) is 1.87. The number of nitrogens with zero attached hydrogens (tertiary/aromatic N) is 1. The summed E-state index contributed by atoms with van der Waals surface area (Å²) in [7, 11) is 1.37. The lowest BCUT2D eigenvalue weighted by atomic mass is 10.4. The summed E-state index contributed by atoms with van der Waals surface area (Å²) in [6.45, 7) is 0.0544. The monoisotopic (exact) mass is 167 g/mol. The van der Waals surface area contributed by atoms with E-state index >= 15 is 0 Å². The quantitative estimate of drug-likeness (QED) is 0.591. The molecule has 60 valence electrons. The molecule has 0 heterocycles. The van der Waals surface area contributed by atoms with Crippen molar-refractivity contribution in [1.82, 2.24) is 4.90 Å². The first kappa shape index (κ1) is 9.52. The topological polar surface area (TPSA) is 60.8 Å². The van der Waals surface area contributed by atoms with Gasteiger partial charge in [-0.3, -0.25) is 0 Å². The molecule has 1 atom stereocenters. The molecule has 0 aromatic heterocycles. The number of aliphatic hydroxyl groups is 1. The molecule has 4 nitrogen and oxygen atoms in total. The summed E-state index contributed by atoms with van der Waals surface area (Å²) in [6.07, 6.45) is -1.84. The van der Waals surface area contributed by atoms with Crippen molar-refractivity contribution >= 4 is 17.7 Å². The number of rotatable bonds is 3. The third-order valence-electron chi connectivity index (χ3n) is 0.989. The van der Waals surface area contributed by atoms with Crippen LogP contribution in [0.1, 0.15) is 0 Å². The number of likely N-dealkylation sites (N-methyl/N-ethyl adjacent to an activating group) is 1. The highest BCUT2D eigenvalue weighted by Crippen LogP contribution is 1.91. The Morgan fingerprint density at radius 3 is 2.60 bits per heavy atom. The molecule has 0 saturated carbocycles. The maximum atomic E-state index is 10.1. The summed E-state index contributed by atoms with van der Waals surface area (Å²) in [4.78, 5) is 11.1. The molecule has 0 aliphatic carbocycles. The second kappa shape index (κ2) is 4.35. The molecule has 0 bridgehead atoms. The first-order valence-corrected chi connectivity index (χ1v) is 3.29. The van der Waals surface area contributed by atoms with Gasteiger partial charge in [-0.2, -0.15) is 0 Å². The smallest absolute Gasteiger partial charge is 0.407 e. The zero-order valence-electron chi connectivity index (χ0n) is 5.62. The average molecular weight is 168 g/mol. The maximum Gasteiger partial charge on any atom is 0.407 e. The van der Waals surface area contributed by atoms with Crippen molar-refractivity contribution in [3.63, 3.8) is 0 Å². The number of alkyl halides is 1. The first-order valence-electron chi connectivity index (χ1n) is 2.76. The van der Waals surface area contributed by atoms with Crippen LogP contribution in [0.15, 0.2) is 0 Å². The normalized spacial score (nSPS) is 12.7. The summed E-state index contributed by atoms with van der Waals surface area (Å²) in [5.74, 6) is 0.0532. The molecular weight excluding hydrogens is 158 g/mol. The van der Waals surface area contributed by atoms with E-state index in [0.717, 1.165) is 4.90 Å². The summed E-state index contributed by atoms with van der Waals surface area (Å²) in [5.41, 5.74) is 0. The van der Waals surface area contributed by atoms with Gasteiger partial charge in [-0.25, -0.2) is 4.79 Å². The second-order valence-electron chi connectivity index (χ2n) is 1.97. The van der Waals surface area contributed by atoms with Crippen LogP contribution in [0.25, 0.3) is 0 Å². The van der Waals surface area contributed by atoms with Crippen LogP contribution in [0.3, 0.4) is 0 Å². The van der Waals surface area contributed by atoms with Crippen molar-refractivity contribution in [1.29, 1.82) is 0 Å². The summed E-state index contributed by atoms with van der Waals surface area (Å²) in [6, 6.07) is 0. The van der Waals surface area contributed by atoms with Crippen LogP contribution in [-0.2, 0) is 0 Å². The number of amides is 1. The molecule has 0 aromatic carbocycles. The van der Waals surface area contributed by atoms with E-state index in [1.165, 1.54) is 7.05 Å². The molecule has 10 heavy (non-hydrogen) atoms. The van der Waals surface area contributed by atoms with Gasteiger partial charge in [0.1, 0.15) is 0 Å². The van der Waals surface area contributed by atoms with Crippen LogP contribution >= 0.6 is 11.6 Å². The van der Waals surface area contributed by atoms with E-state index in [4.69, 9.17) is 21.8 Å². The lowest BCUT2D eigenvalue weighted by molar-refractivity contribution is 0.118. The van der Waals surface area contributed by atoms with Crippen LogP contribution < -0.4 is 0 Å². The Bertz CT molecular complexity index is 119. The van der Waals surface area contributed by atoms with E-state index in [0.29, 0.717) is 0 Å². The predicted molar refractivity (Wildman–Crippen MR) is 37.4 cm³/mol. The minimum Gasteiger partial charge on any atom is -0.465 e. The van der Waals surface area contributed by atoms with E-state index < -0.39 is 12.2 Å². The Morgan fingerprint density at radius 1 is 1.80 bits per heavy atom. The minimum absolute atomic E-state index is 0.0532. The predicted octanol–water partition coefficient (Wildman–Crippen LogP) is 0.196. The van der Waals surface area contributed by atoms with Crippen molar-refractivity contribution in [2.45, 2.75) is 6.10 Å². The second-order valence-corrected chi connectivity index (χ2v) is 2.28. The van der Waals surface area contributed by atoms with E-state index in [2.05, 4.69) is 0 Å². The molecule has 0 aliphatic rings. The van der Waals surface area contributed by atoms with Crippen LogP contribution in [0.2, 0.25) is 0 Å². The fourth-order valence-electron chi connectivity index (χ4n) is 0.443. The fourth-order valence-corrected chi connectivity index (χ4v) is 0.541. The molecule has 0 unspecified atom stereocenters. The highest BCUT2D eigenvalue weighted by Gasteiger charge is 2.10. The molecule has 0 saturated heterocycles. The SMILES string of the molecule is CN(C[C@H](O)CCl)C(=O)O. The van der Waals surface area contributed by atoms with E-state index in [9.17, 15) is 4.79 Å². The summed E-state index contributed by atoms with van der Waals surface area (Å²) >= 11 is 5.23. The number of carbonyl (C=O) groups is 1. The van der Waals surface area contributed by atoms with Gasteiger partial charge in [-0.15, -0.1) is 11.6 Å². The van der Waals surface area contributed by atoms with Crippen molar-refractivity contribution < 1.29 is 15.0 Å². The van der Waals surface area contributed by atoms with Crippen LogP contribution in [0.5, 0.6) is 0 Å². The lowest BCUT2D eigenvalue weighted by Gasteiger charge is -2.15. The molecule has 0 fully saturated rings. The number of aliphatic hydroxyl groups excluding tert-OH is 1. The van der Waals surface area contributed by atoms with Crippen LogP contribution in [-0.4, -0.2) is 46.8 Å². The highest BCUT2D eigenvalue weighted by molar-refractivity contribution is 6.18. The lowest BCUT2D eigenvalue weighted by Crippen LogP contribution is -2.33. The largest absolute Gasteiger partial charge is 0.465 e. The van der Waals surface area contributed by atoms with Gasteiger partial charge in [0, 0.05) is 7.05 Å². The zero-order valence-corrected chi connectivity index (χ0v) is 6.38. The third-order valence-corrected chi connectivity index (χ3v) is 1.35. The fraction of sp³-hybridized carbons (Fsp3) is 0.800. The van der Waals surface area contributed by atoms with Crippen molar-refractivity contribution in [3.8, 4) is 0 Å². The molecular formula is C5H10ClNO3. The van der Waals surface area contributed by atoms with Crippen LogP contribution in [0, 0.1) is 0 Å². The van der Waals surface area contributed by atoms with Gasteiger partial charge in [0.2, 0.25) is 0 Å². The standard InChI is InChI=1S/C5H10ClNO3/c1-7(5(9)10)3-4(8)2-6/h4,8H,2-3H2,1H3,(H,9,10)/t4-/m1/s1. The minimum atomic E-state index is -1.07. The Hall–Kier alpha value is -0.480. The van der Waals surface area contributed by atoms with Gasteiger partial charge in [0.15, 0.2) is 0 Å². The van der Waals surface area contributed by atoms with Crippen LogP contribution in [0.4, 0.5) is 4.79 Å². The van der Waals surface area contributed by atoms with E-state index in [1.807, 2.05) is 0 Å². The molecule has 2 N–H and O–H groups in total. The molecule has 0 radical (unpaired) electrons. The molecule has 0 aromatic rings. The molecule has 5 heteroatoms. The third kappa shape index (κ3) is 3.53. The Morgan fingerprint density at radius 2 is 2.30 bits per heavy atom. The zero-order chi connectivity index (χ0) is 8.15. The van der Waals surface area contributed by atoms with Gasteiger partial charge in [0.05, 0.1) is 18.5 Å². The molecule has 1 amide bonds. The van der Waals surface area contributed by atoms with Gasteiger partial charge in [0.25, 0.3) is 0 Å². The van der Waals surface area contributed by atoms with Crippen molar-refractivity contribution in [2.75, 3.05) is 19.5 Å². The first-order chi connectivity index (χ1) is 4.57. The van der Waals surface area contributed by atoms with Crippen molar-refractivity contribution in [2.24, 2.45) is 0 Å². The Balaban J connectivity index is 3.56. The molecule has 0 rings (SSSR count). The van der Waals surface area contributed by atoms with Crippen molar-refractivity contribution in [3.05, 3.63) is 0 Å². The number of carboxylic acid groups (broad SMARTS) is 1. The summed E-state index contributed by atoms with van der Waals surface area (Å²) < 4.78 is 0. The maximum absolute atomic E-state index is 10.1. The summed E-state index contributed by atoms with van der Waals surface area (Å²) in [5, 5.41) is 17.1. The van der Waals surface area contributed by atoms with E-state index in [-0.39, 0.29) is 12.4 Å². The number of hydrogen-bond donors (Lipinski definition) is 2. The number of halogens is 1.